The van der Waals surface area contributed by atoms with Crippen molar-refractivity contribution in [2.75, 3.05) is 6.61 Å². The lowest BCUT2D eigenvalue weighted by Crippen LogP contribution is -1.98. The second-order valence-corrected chi connectivity index (χ2v) is 4.18. The third-order valence-corrected chi connectivity index (χ3v) is 2.41. The van der Waals surface area contributed by atoms with Crippen molar-refractivity contribution >= 4 is 28.0 Å². The van der Waals surface area contributed by atoms with Gasteiger partial charge in [0.05, 0.1) is 0 Å². The lowest BCUT2D eigenvalue weighted by Gasteiger charge is -2.10. The molecule has 0 saturated carbocycles. The van der Waals surface area contributed by atoms with Gasteiger partial charge in [0, 0.05) is 16.1 Å². The van der Waals surface area contributed by atoms with Crippen LogP contribution in [-0.4, -0.2) is 17.7 Å². The smallest absolute Gasteiger partial charge is 0.328 e. The van der Waals surface area contributed by atoms with E-state index in [1.54, 1.807) is 6.07 Å². The van der Waals surface area contributed by atoms with Crippen molar-refractivity contribution in [2.24, 2.45) is 0 Å². The molecule has 0 aliphatic heterocycles. The molecule has 0 atom stereocenters. The maximum atomic E-state index is 10.5. The van der Waals surface area contributed by atoms with Gasteiger partial charge in [-0.2, -0.15) is 5.26 Å². The molecule has 1 aromatic carbocycles. The number of halogens is 1. The van der Waals surface area contributed by atoms with Crippen LogP contribution in [0.3, 0.4) is 0 Å². The number of carboxylic acid groups (broad SMARTS) is 1. The van der Waals surface area contributed by atoms with Crippen LogP contribution in [0.25, 0.3) is 6.08 Å². The zero-order valence-corrected chi connectivity index (χ0v) is 10.7. The fourth-order valence-electron chi connectivity index (χ4n) is 1.34. The Bertz CT molecular complexity index is 503. The molecular weight excluding hydrogens is 286 g/mol. The van der Waals surface area contributed by atoms with Gasteiger partial charge in [-0.15, -0.1) is 0 Å². The minimum atomic E-state index is -1.03. The van der Waals surface area contributed by atoms with Crippen LogP contribution in [0.4, 0.5) is 0 Å². The predicted molar refractivity (Wildman–Crippen MR) is 66.7 cm³/mol. The summed E-state index contributed by atoms with van der Waals surface area (Å²) in [5, 5.41) is 17.1. The summed E-state index contributed by atoms with van der Waals surface area (Å²) in [6.45, 7) is 1.76. The van der Waals surface area contributed by atoms with Crippen LogP contribution in [0.5, 0.6) is 5.75 Å². The molecule has 0 aromatic heterocycles. The highest BCUT2D eigenvalue weighted by Gasteiger charge is 2.07. The molecule has 0 spiro atoms. The summed E-state index contributed by atoms with van der Waals surface area (Å²) in [5.41, 5.74) is 1.45. The number of aliphatic carboxylic acids is 1. The summed E-state index contributed by atoms with van der Waals surface area (Å²) in [6, 6.07) is 5.45. The molecule has 4 nitrogen and oxygen atoms in total. The van der Waals surface area contributed by atoms with E-state index in [0.29, 0.717) is 11.3 Å². The predicted octanol–water partition coefficient (Wildman–Crippen LogP) is 2.76. The monoisotopic (exact) mass is 295 g/mol. The van der Waals surface area contributed by atoms with E-state index >= 15 is 0 Å². The number of nitrogens with zero attached hydrogens (tertiary/aromatic N) is 1. The van der Waals surface area contributed by atoms with Crippen molar-refractivity contribution < 1.29 is 14.6 Å². The molecule has 0 heterocycles. The molecule has 17 heavy (non-hydrogen) atoms. The number of hydrogen-bond donors (Lipinski definition) is 1. The zero-order valence-electron chi connectivity index (χ0n) is 9.11. The van der Waals surface area contributed by atoms with Crippen LogP contribution >= 0.6 is 15.9 Å². The molecule has 0 amide bonds. The van der Waals surface area contributed by atoms with Gasteiger partial charge < -0.3 is 9.84 Å². The Morgan fingerprint density at radius 1 is 1.65 bits per heavy atom. The maximum absolute atomic E-state index is 10.5. The number of rotatable bonds is 4. The Hall–Kier alpha value is -1.80. The molecule has 5 heteroatoms. The average Bonchev–Trinajstić information content (AvgIpc) is 2.24. The van der Waals surface area contributed by atoms with Crippen LogP contribution in [0.2, 0.25) is 0 Å². The van der Waals surface area contributed by atoms with Gasteiger partial charge in [0.1, 0.15) is 11.8 Å². The molecule has 88 valence electrons. The molecule has 0 unspecified atom stereocenters. The normalized spacial score (nSPS) is 10.2. The van der Waals surface area contributed by atoms with Gasteiger partial charge in [0.25, 0.3) is 0 Å². The molecule has 1 N–H and O–H groups in total. The van der Waals surface area contributed by atoms with E-state index in [4.69, 9.17) is 15.1 Å². The van der Waals surface area contributed by atoms with Crippen molar-refractivity contribution in [2.45, 2.75) is 6.92 Å². The average molecular weight is 296 g/mol. The number of carboxylic acids is 1. The summed E-state index contributed by atoms with van der Waals surface area (Å²) in [4.78, 5) is 10.5. The molecule has 0 fully saturated rings. The molecular formula is C12H10BrNO3. The minimum Gasteiger partial charge on any atom is -0.478 e. The Kier molecular flexibility index (Phi) is 4.73. The van der Waals surface area contributed by atoms with E-state index in [-0.39, 0.29) is 6.61 Å². The largest absolute Gasteiger partial charge is 0.478 e. The molecule has 0 aliphatic carbocycles. The zero-order chi connectivity index (χ0) is 12.8. The lowest BCUT2D eigenvalue weighted by atomic mass is 10.1. The van der Waals surface area contributed by atoms with Crippen LogP contribution < -0.4 is 4.74 Å². The topological polar surface area (TPSA) is 70.3 Å². The molecule has 0 saturated heterocycles. The van der Waals surface area contributed by atoms with Gasteiger partial charge in [-0.1, -0.05) is 15.9 Å². The quantitative estimate of drug-likeness (QED) is 0.867. The van der Waals surface area contributed by atoms with Crippen molar-refractivity contribution in [3.8, 4) is 11.8 Å². The first-order valence-corrected chi connectivity index (χ1v) is 5.55. The van der Waals surface area contributed by atoms with Gasteiger partial charge >= 0.3 is 5.97 Å². The number of aryl methyl sites for hydroxylation is 1. The SMILES string of the molecule is Cc1cc(Br)cc(/C=C/C(=O)O)c1OCC#N. The van der Waals surface area contributed by atoms with Crippen molar-refractivity contribution in [3.63, 3.8) is 0 Å². The Balaban J connectivity index is 3.16. The highest BCUT2D eigenvalue weighted by molar-refractivity contribution is 9.10. The number of ether oxygens (including phenoxy) is 1. The molecule has 1 aromatic rings. The van der Waals surface area contributed by atoms with Crippen molar-refractivity contribution in [1.82, 2.24) is 0 Å². The second-order valence-electron chi connectivity index (χ2n) is 3.26. The maximum Gasteiger partial charge on any atom is 0.328 e. The third-order valence-electron chi connectivity index (χ3n) is 1.95. The van der Waals surface area contributed by atoms with Crippen LogP contribution in [0, 0.1) is 18.3 Å². The summed E-state index contributed by atoms with van der Waals surface area (Å²) < 4.78 is 6.10. The highest BCUT2D eigenvalue weighted by atomic mass is 79.9. The standard InChI is InChI=1S/C12H10BrNO3/c1-8-6-10(13)7-9(2-3-11(15)16)12(8)17-5-4-14/h2-3,6-7H,5H2,1H3,(H,15,16)/b3-2+. The first-order chi connectivity index (χ1) is 8.04. The first-order valence-electron chi connectivity index (χ1n) is 4.75. The van der Waals surface area contributed by atoms with Gasteiger partial charge in [0.15, 0.2) is 6.61 Å². The summed E-state index contributed by atoms with van der Waals surface area (Å²) in [7, 11) is 0. The fraction of sp³-hybridized carbons (Fsp3) is 0.167. The van der Waals surface area contributed by atoms with Crippen molar-refractivity contribution in [1.29, 1.82) is 5.26 Å². The molecule has 0 radical (unpaired) electrons. The van der Waals surface area contributed by atoms with E-state index in [0.717, 1.165) is 16.1 Å². The molecule has 0 bridgehead atoms. The van der Waals surface area contributed by atoms with E-state index < -0.39 is 5.97 Å². The lowest BCUT2D eigenvalue weighted by molar-refractivity contribution is -0.131. The summed E-state index contributed by atoms with van der Waals surface area (Å²) >= 11 is 3.32. The fourth-order valence-corrected chi connectivity index (χ4v) is 1.93. The van der Waals surface area contributed by atoms with Crippen LogP contribution in [0.1, 0.15) is 11.1 Å². The van der Waals surface area contributed by atoms with Gasteiger partial charge in [-0.3, -0.25) is 0 Å². The Morgan fingerprint density at radius 3 is 2.94 bits per heavy atom. The van der Waals surface area contributed by atoms with Crippen molar-refractivity contribution in [3.05, 3.63) is 33.8 Å². The van der Waals surface area contributed by atoms with Gasteiger partial charge in [0.2, 0.25) is 0 Å². The van der Waals surface area contributed by atoms with E-state index in [1.165, 1.54) is 6.08 Å². The van der Waals surface area contributed by atoms with E-state index in [9.17, 15) is 4.79 Å². The molecule has 0 aliphatic rings. The van der Waals surface area contributed by atoms with E-state index in [1.807, 2.05) is 19.1 Å². The summed E-state index contributed by atoms with van der Waals surface area (Å²) in [5.74, 6) is -0.513. The number of benzene rings is 1. The van der Waals surface area contributed by atoms with E-state index in [2.05, 4.69) is 15.9 Å². The Labute approximate surface area is 107 Å². The number of nitriles is 1. The number of carbonyl (C=O) groups is 1. The van der Waals surface area contributed by atoms with Gasteiger partial charge in [-0.25, -0.2) is 4.79 Å². The second kappa shape index (κ2) is 6.06. The number of hydrogen-bond acceptors (Lipinski definition) is 3. The summed E-state index contributed by atoms with van der Waals surface area (Å²) in [6.07, 6.45) is 2.47. The van der Waals surface area contributed by atoms with Gasteiger partial charge in [-0.05, 0) is 30.7 Å². The molecule has 1 rings (SSSR count). The van der Waals surface area contributed by atoms with Crippen LogP contribution in [0.15, 0.2) is 22.7 Å². The Morgan fingerprint density at radius 2 is 2.35 bits per heavy atom. The minimum absolute atomic E-state index is 0.0730. The first kappa shape index (κ1) is 13.3. The van der Waals surface area contributed by atoms with Crippen LogP contribution in [-0.2, 0) is 4.79 Å². The highest BCUT2D eigenvalue weighted by Crippen LogP contribution is 2.29. The third kappa shape index (κ3) is 3.93.